The summed E-state index contributed by atoms with van der Waals surface area (Å²) < 4.78 is 0. The summed E-state index contributed by atoms with van der Waals surface area (Å²) >= 11 is 1.89. The minimum atomic E-state index is -0.00313. The molecule has 21 heavy (non-hydrogen) atoms. The Morgan fingerprint density at radius 3 is 2.76 bits per heavy atom. The molecule has 1 saturated carbocycles. The molecule has 0 spiro atoms. The van der Waals surface area contributed by atoms with Gasteiger partial charge in [0.2, 0.25) is 0 Å². The Bertz CT molecular complexity index is 530. The molecule has 0 bridgehead atoms. The molecule has 4 heteroatoms. The van der Waals surface area contributed by atoms with Crippen molar-refractivity contribution in [3.05, 3.63) is 35.4 Å². The van der Waals surface area contributed by atoms with Gasteiger partial charge in [0.25, 0.3) is 5.91 Å². The van der Waals surface area contributed by atoms with Gasteiger partial charge < -0.3 is 10.4 Å². The molecule has 0 heterocycles. The second-order valence-electron chi connectivity index (χ2n) is 5.19. The van der Waals surface area contributed by atoms with E-state index in [9.17, 15) is 4.79 Å². The van der Waals surface area contributed by atoms with E-state index in [-0.39, 0.29) is 12.5 Å². The van der Waals surface area contributed by atoms with Crippen molar-refractivity contribution in [3.8, 4) is 11.8 Å². The Morgan fingerprint density at radius 1 is 1.38 bits per heavy atom. The molecule has 1 amide bonds. The fourth-order valence-electron chi connectivity index (χ4n) is 2.48. The van der Waals surface area contributed by atoms with Crippen LogP contribution < -0.4 is 5.32 Å². The highest BCUT2D eigenvalue weighted by Gasteiger charge is 2.25. The number of benzene rings is 1. The van der Waals surface area contributed by atoms with Gasteiger partial charge in [-0.25, -0.2) is 0 Å². The zero-order valence-electron chi connectivity index (χ0n) is 12.3. The van der Waals surface area contributed by atoms with Gasteiger partial charge in [-0.3, -0.25) is 4.79 Å². The van der Waals surface area contributed by atoms with Crippen LogP contribution in [0.2, 0.25) is 0 Å². The van der Waals surface area contributed by atoms with Crippen LogP contribution in [0.1, 0.15) is 41.6 Å². The molecule has 0 aliphatic heterocycles. The van der Waals surface area contributed by atoms with Crippen LogP contribution in [0.5, 0.6) is 0 Å². The molecule has 0 saturated heterocycles. The minimum absolute atomic E-state index is 0.00313. The van der Waals surface area contributed by atoms with Crippen molar-refractivity contribution in [2.45, 2.75) is 37.0 Å². The summed E-state index contributed by atoms with van der Waals surface area (Å²) in [6.07, 6.45) is 5.93. The molecule has 1 aromatic rings. The van der Waals surface area contributed by atoms with Crippen LogP contribution in [0, 0.1) is 11.8 Å². The molecular formula is C17H21NO2S. The standard InChI is InChI=1S/C17H21NO2S/c1-21-16-10-9-15(12-16)18-17(20)14-7-5-13(6-8-14)4-2-3-11-19/h5-8,15-16,19H,3,9-12H2,1H3,(H,18,20). The van der Waals surface area contributed by atoms with E-state index in [0.717, 1.165) is 18.4 Å². The van der Waals surface area contributed by atoms with Crippen LogP contribution in [0.15, 0.2) is 24.3 Å². The third kappa shape index (κ3) is 4.80. The molecule has 1 aliphatic rings. The third-order valence-electron chi connectivity index (χ3n) is 3.67. The number of amides is 1. The lowest BCUT2D eigenvalue weighted by atomic mass is 10.1. The number of carbonyl (C=O) groups is 1. The van der Waals surface area contributed by atoms with Crippen LogP contribution in [-0.4, -0.2) is 35.2 Å². The second kappa shape index (κ2) is 8.11. The van der Waals surface area contributed by atoms with Crippen LogP contribution in [0.3, 0.4) is 0 Å². The number of aliphatic hydroxyl groups excluding tert-OH is 1. The summed E-state index contributed by atoms with van der Waals surface area (Å²) in [6, 6.07) is 7.61. The fraction of sp³-hybridized carbons (Fsp3) is 0.471. The van der Waals surface area contributed by atoms with E-state index < -0.39 is 0 Å². The number of thioether (sulfide) groups is 1. The van der Waals surface area contributed by atoms with Crippen molar-refractivity contribution in [2.75, 3.05) is 12.9 Å². The lowest BCUT2D eigenvalue weighted by Crippen LogP contribution is -2.33. The van der Waals surface area contributed by atoms with Crippen molar-refractivity contribution in [1.82, 2.24) is 5.32 Å². The summed E-state index contributed by atoms with van der Waals surface area (Å²) in [7, 11) is 0. The molecule has 2 N–H and O–H groups in total. The van der Waals surface area contributed by atoms with E-state index in [1.54, 1.807) is 12.1 Å². The summed E-state index contributed by atoms with van der Waals surface area (Å²) in [4.78, 5) is 12.2. The molecule has 2 atom stereocenters. The number of carbonyl (C=O) groups excluding carboxylic acids is 1. The summed E-state index contributed by atoms with van der Waals surface area (Å²) in [5.41, 5.74) is 1.54. The van der Waals surface area contributed by atoms with Gasteiger partial charge in [0.15, 0.2) is 0 Å². The van der Waals surface area contributed by atoms with E-state index >= 15 is 0 Å². The lowest BCUT2D eigenvalue weighted by Gasteiger charge is -2.12. The Labute approximate surface area is 130 Å². The summed E-state index contributed by atoms with van der Waals surface area (Å²) in [6.45, 7) is 0.0753. The molecule has 112 valence electrons. The molecular weight excluding hydrogens is 282 g/mol. The van der Waals surface area contributed by atoms with Crippen molar-refractivity contribution < 1.29 is 9.90 Å². The summed E-state index contributed by atoms with van der Waals surface area (Å²) in [5.74, 6) is 5.82. The first-order chi connectivity index (χ1) is 10.2. The van der Waals surface area contributed by atoms with Gasteiger partial charge in [0.05, 0.1) is 6.61 Å². The Balaban J connectivity index is 1.90. The van der Waals surface area contributed by atoms with E-state index in [1.165, 1.54) is 6.42 Å². The summed E-state index contributed by atoms with van der Waals surface area (Å²) in [5, 5.41) is 12.5. The number of nitrogens with one attached hydrogen (secondary N) is 1. The normalized spacial score (nSPS) is 20.7. The van der Waals surface area contributed by atoms with Gasteiger partial charge in [-0.1, -0.05) is 11.8 Å². The third-order valence-corrected chi connectivity index (χ3v) is 4.76. The quantitative estimate of drug-likeness (QED) is 0.840. The molecule has 2 rings (SSSR count). The molecule has 1 aromatic carbocycles. The van der Waals surface area contributed by atoms with Crippen LogP contribution in [0.4, 0.5) is 0 Å². The monoisotopic (exact) mass is 303 g/mol. The van der Waals surface area contributed by atoms with E-state index in [4.69, 9.17) is 5.11 Å². The largest absolute Gasteiger partial charge is 0.395 e. The molecule has 1 aliphatic carbocycles. The molecule has 2 unspecified atom stereocenters. The van der Waals surface area contributed by atoms with Crippen molar-refractivity contribution in [1.29, 1.82) is 0 Å². The number of hydrogen-bond donors (Lipinski definition) is 2. The SMILES string of the molecule is CSC1CCC(NC(=O)c2ccc(C#CCCO)cc2)C1. The highest BCUT2D eigenvalue weighted by molar-refractivity contribution is 7.99. The van der Waals surface area contributed by atoms with Crippen LogP contribution >= 0.6 is 11.8 Å². The fourth-order valence-corrected chi connectivity index (χ4v) is 3.28. The average molecular weight is 303 g/mol. The molecule has 3 nitrogen and oxygen atoms in total. The van der Waals surface area contributed by atoms with Gasteiger partial charge in [-0.05, 0) is 49.8 Å². The van der Waals surface area contributed by atoms with Gasteiger partial charge in [-0.15, -0.1) is 0 Å². The first kappa shape index (κ1) is 15.9. The van der Waals surface area contributed by atoms with E-state index in [1.807, 2.05) is 23.9 Å². The van der Waals surface area contributed by atoms with Crippen molar-refractivity contribution >= 4 is 17.7 Å². The van der Waals surface area contributed by atoms with Gasteiger partial charge in [-0.2, -0.15) is 11.8 Å². The van der Waals surface area contributed by atoms with E-state index in [0.29, 0.717) is 23.3 Å². The van der Waals surface area contributed by atoms with Crippen LogP contribution in [0.25, 0.3) is 0 Å². The first-order valence-corrected chi connectivity index (χ1v) is 8.55. The predicted octanol–water partition coefficient (Wildman–Crippen LogP) is 2.43. The highest BCUT2D eigenvalue weighted by Crippen LogP contribution is 2.28. The maximum Gasteiger partial charge on any atom is 0.251 e. The first-order valence-electron chi connectivity index (χ1n) is 7.26. The Hall–Kier alpha value is -1.44. The van der Waals surface area contributed by atoms with Gasteiger partial charge in [0, 0.05) is 28.8 Å². The average Bonchev–Trinajstić information content (AvgIpc) is 2.96. The minimum Gasteiger partial charge on any atom is -0.395 e. The van der Waals surface area contributed by atoms with Gasteiger partial charge in [0.1, 0.15) is 0 Å². The Morgan fingerprint density at radius 2 is 2.14 bits per heavy atom. The van der Waals surface area contributed by atoms with Crippen molar-refractivity contribution in [2.24, 2.45) is 0 Å². The maximum absolute atomic E-state index is 12.2. The Kier molecular flexibility index (Phi) is 6.16. The number of aliphatic hydroxyl groups is 1. The molecule has 1 fully saturated rings. The number of hydrogen-bond acceptors (Lipinski definition) is 3. The predicted molar refractivity (Wildman–Crippen MR) is 87.4 cm³/mol. The topological polar surface area (TPSA) is 49.3 Å². The highest BCUT2D eigenvalue weighted by atomic mass is 32.2. The van der Waals surface area contributed by atoms with Gasteiger partial charge >= 0.3 is 0 Å². The maximum atomic E-state index is 12.2. The zero-order valence-corrected chi connectivity index (χ0v) is 13.1. The van der Waals surface area contributed by atoms with E-state index in [2.05, 4.69) is 23.4 Å². The smallest absolute Gasteiger partial charge is 0.251 e. The molecule has 0 radical (unpaired) electrons. The second-order valence-corrected chi connectivity index (χ2v) is 6.33. The lowest BCUT2D eigenvalue weighted by molar-refractivity contribution is 0.0938. The number of rotatable bonds is 4. The molecule has 0 aromatic heterocycles. The zero-order chi connectivity index (χ0) is 15.1. The van der Waals surface area contributed by atoms with Crippen molar-refractivity contribution in [3.63, 3.8) is 0 Å². The van der Waals surface area contributed by atoms with Crippen LogP contribution in [-0.2, 0) is 0 Å².